The maximum absolute atomic E-state index is 9.47. The van der Waals surface area contributed by atoms with Crippen LogP contribution in [-0.2, 0) is 0 Å². The molecular weight excluding hydrogens is 310 g/mol. The molecule has 4 heteroatoms. The predicted molar refractivity (Wildman–Crippen MR) is 99.7 cm³/mol. The molecule has 2 heterocycles. The van der Waals surface area contributed by atoms with Crippen molar-refractivity contribution in [1.29, 1.82) is 5.26 Å². The second-order valence-corrected chi connectivity index (χ2v) is 6.33. The number of pyridine rings is 1. The number of fused-ring (bicyclic) bond motifs is 1. The van der Waals surface area contributed by atoms with Crippen molar-refractivity contribution in [3.8, 4) is 23.1 Å². The lowest BCUT2D eigenvalue weighted by Gasteiger charge is -2.10. The van der Waals surface area contributed by atoms with Gasteiger partial charge in [-0.25, -0.2) is 4.98 Å². The molecule has 0 amide bonds. The molecule has 0 aliphatic heterocycles. The Hall–Kier alpha value is -3.06. The maximum atomic E-state index is 9.47. The second kappa shape index (κ2) is 6.82. The summed E-state index contributed by atoms with van der Waals surface area (Å²) in [4.78, 5) is 4.77. The van der Waals surface area contributed by atoms with Gasteiger partial charge >= 0.3 is 0 Å². The molecule has 0 bridgehead atoms. The third kappa shape index (κ3) is 3.27. The van der Waals surface area contributed by atoms with Crippen molar-refractivity contribution in [2.75, 3.05) is 6.61 Å². The highest BCUT2D eigenvalue weighted by molar-refractivity contribution is 5.68. The molecule has 1 aromatic carbocycles. The van der Waals surface area contributed by atoms with Crippen molar-refractivity contribution >= 4 is 5.65 Å². The van der Waals surface area contributed by atoms with Crippen LogP contribution in [0.25, 0.3) is 16.9 Å². The average molecular weight is 331 g/mol. The first-order valence-corrected chi connectivity index (χ1v) is 8.26. The lowest BCUT2D eigenvalue weighted by atomic mass is 10.0. The molecule has 1 unspecified atom stereocenters. The quantitative estimate of drug-likeness (QED) is 0.625. The first kappa shape index (κ1) is 16.8. The first-order valence-electron chi connectivity index (χ1n) is 8.26. The SMILES string of the molecule is C=C(C)COc1ccc(-c2nc3cccc(C)n3c2C(C)C#N)cc1. The van der Waals surface area contributed by atoms with E-state index < -0.39 is 0 Å². The van der Waals surface area contributed by atoms with Crippen molar-refractivity contribution < 1.29 is 4.74 Å². The Balaban J connectivity index is 2.08. The average Bonchev–Trinajstić information content (AvgIpc) is 3.00. The smallest absolute Gasteiger partial charge is 0.137 e. The van der Waals surface area contributed by atoms with E-state index in [2.05, 4.69) is 17.0 Å². The van der Waals surface area contributed by atoms with Crippen LogP contribution in [0.2, 0.25) is 0 Å². The second-order valence-electron chi connectivity index (χ2n) is 6.33. The van der Waals surface area contributed by atoms with Crippen LogP contribution in [0.3, 0.4) is 0 Å². The van der Waals surface area contributed by atoms with E-state index >= 15 is 0 Å². The number of aryl methyl sites for hydroxylation is 1. The normalized spacial score (nSPS) is 11.9. The first-order chi connectivity index (χ1) is 12.0. The molecule has 3 aromatic rings. The topological polar surface area (TPSA) is 50.3 Å². The van der Waals surface area contributed by atoms with E-state index in [1.54, 1.807) is 0 Å². The van der Waals surface area contributed by atoms with Gasteiger partial charge in [0.2, 0.25) is 0 Å². The Morgan fingerprint density at radius 1 is 1.28 bits per heavy atom. The van der Waals surface area contributed by atoms with Gasteiger partial charge in [-0.3, -0.25) is 4.40 Å². The molecule has 1 atom stereocenters. The van der Waals surface area contributed by atoms with Crippen molar-refractivity contribution in [3.05, 3.63) is 66.0 Å². The number of nitrogens with zero attached hydrogens (tertiary/aromatic N) is 3. The number of nitriles is 1. The molecule has 0 fully saturated rings. The van der Waals surface area contributed by atoms with Gasteiger partial charge in [0, 0.05) is 11.3 Å². The van der Waals surface area contributed by atoms with Gasteiger partial charge in [0.05, 0.1) is 23.4 Å². The van der Waals surface area contributed by atoms with E-state index in [1.165, 1.54) is 0 Å². The van der Waals surface area contributed by atoms with E-state index in [1.807, 2.05) is 63.2 Å². The zero-order valence-electron chi connectivity index (χ0n) is 14.8. The number of aromatic nitrogens is 2. The Bertz CT molecular complexity index is 961. The van der Waals surface area contributed by atoms with Gasteiger partial charge in [-0.05, 0) is 62.7 Å². The zero-order chi connectivity index (χ0) is 18.0. The van der Waals surface area contributed by atoms with Crippen LogP contribution in [0.5, 0.6) is 5.75 Å². The number of ether oxygens (including phenoxy) is 1. The molecule has 2 aromatic heterocycles. The van der Waals surface area contributed by atoms with Gasteiger partial charge in [0.15, 0.2) is 0 Å². The van der Waals surface area contributed by atoms with Crippen LogP contribution < -0.4 is 4.74 Å². The molecule has 3 rings (SSSR count). The van der Waals surface area contributed by atoms with Crippen LogP contribution in [0.15, 0.2) is 54.6 Å². The Labute approximate surface area is 148 Å². The highest BCUT2D eigenvalue weighted by Gasteiger charge is 2.20. The van der Waals surface area contributed by atoms with Gasteiger partial charge in [0.1, 0.15) is 18.0 Å². The lowest BCUT2D eigenvalue weighted by molar-refractivity contribution is 0.353. The summed E-state index contributed by atoms with van der Waals surface area (Å²) >= 11 is 0. The summed E-state index contributed by atoms with van der Waals surface area (Å²) in [5.74, 6) is 0.534. The lowest BCUT2D eigenvalue weighted by Crippen LogP contribution is -2.01. The summed E-state index contributed by atoms with van der Waals surface area (Å²) in [6.45, 7) is 10.2. The molecule has 126 valence electrons. The summed E-state index contributed by atoms with van der Waals surface area (Å²) in [5, 5.41) is 9.47. The highest BCUT2D eigenvalue weighted by Crippen LogP contribution is 2.31. The minimum atomic E-state index is -0.259. The number of hydrogen-bond donors (Lipinski definition) is 0. The van der Waals surface area contributed by atoms with Crippen LogP contribution in [0.4, 0.5) is 0 Å². The van der Waals surface area contributed by atoms with Crippen molar-refractivity contribution in [3.63, 3.8) is 0 Å². The minimum Gasteiger partial charge on any atom is -0.489 e. The van der Waals surface area contributed by atoms with Gasteiger partial charge < -0.3 is 4.74 Å². The van der Waals surface area contributed by atoms with Crippen molar-refractivity contribution in [1.82, 2.24) is 9.38 Å². The molecule has 4 nitrogen and oxygen atoms in total. The summed E-state index contributed by atoms with van der Waals surface area (Å²) < 4.78 is 7.72. The van der Waals surface area contributed by atoms with E-state index in [-0.39, 0.29) is 5.92 Å². The van der Waals surface area contributed by atoms with E-state index in [0.29, 0.717) is 6.61 Å². The number of rotatable bonds is 5. The van der Waals surface area contributed by atoms with Gasteiger partial charge in [-0.15, -0.1) is 0 Å². The number of hydrogen-bond acceptors (Lipinski definition) is 3. The largest absolute Gasteiger partial charge is 0.489 e. The Morgan fingerprint density at radius 2 is 2.00 bits per heavy atom. The van der Waals surface area contributed by atoms with Crippen LogP contribution in [0, 0.1) is 18.3 Å². The molecule has 25 heavy (non-hydrogen) atoms. The fourth-order valence-corrected chi connectivity index (χ4v) is 2.87. The summed E-state index contributed by atoms with van der Waals surface area (Å²) in [5.41, 5.74) is 5.64. The molecular formula is C21H21N3O. The summed E-state index contributed by atoms with van der Waals surface area (Å²) in [7, 11) is 0. The van der Waals surface area contributed by atoms with Crippen molar-refractivity contribution in [2.24, 2.45) is 0 Å². The molecule has 0 spiro atoms. The predicted octanol–water partition coefficient (Wildman–Crippen LogP) is 4.89. The Morgan fingerprint density at radius 3 is 2.64 bits per heavy atom. The maximum Gasteiger partial charge on any atom is 0.137 e. The monoisotopic (exact) mass is 331 g/mol. The standard InChI is InChI=1S/C21H21N3O/c1-14(2)13-25-18-10-8-17(9-11-18)20-21(15(3)12-22)24-16(4)6-5-7-19(24)23-20/h5-11,15H,1,13H2,2-4H3. The number of imidazole rings is 1. The van der Waals surface area contributed by atoms with Crippen LogP contribution in [-0.4, -0.2) is 16.0 Å². The highest BCUT2D eigenvalue weighted by atomic mass is 16.5. The van der Waals surface area contributed by atoms with Crippen molar-refractivity contribution in [2.45, 2.75) is 26.7 Å². The molecule has 0 saturated heterocycles. The van der Waals surface area contributed by atoms with E-state index in [0.717, 1.165) is 39.6 Å². The van der Waals surface area contributed by atoms with Crippen LogP contribution in [0.1, 0.15) is 31.2 Å². The Kier molecular flexibility index (Phi) is 4.58. The third-order valence-electron chi connectivity index (χ3n) is 4.09. The van der Waals surface area contributed by atoms with E-state index in [9.17, 15) is 5.26 Å². The van der Waals surface area contributed by atoms with Gasteiger partial charge in [-0.2, -0.15) is 5.26 Å². The summed E-state index contributed by atoms with van der Waals surface area (Å²) in [6.07, 6.45) is 0. The number of benzene rings is 1. The van der Waals surface area contributed by atoms with Gasteiger partial charge in [0.25, 0.3) is 0 Å². The van der Waals surface area contributed by atoms with E-state index in [4.69, 9.17) is 9.72 Å². The minimum absolute atomic E-state index is 0.259. The van der Waals surface area contributed by atoms with Crippen LogP contribution >= 0.6 is 0 Å². The zero-order valence-corrected chi connectivity index (χ0v) is 14.8. The summed E-state index contributed by atoms with van der Waals surface area (Å²) in [6, 6.07) is 16.1. The molecule has 0 N–H and O–H groups in total. The molecule has 0 radical (unpaired) electrons. The molecule has 0 aliphatic carbocycles. The third-order valence-corrected chi connectivity index (χ3v) is 4.09. The molecule has 0 saturated carbocycles. The molecule has 0 aliphatic rings. The van der Waals surface area contributed by atoms with Gasteiger partial charge in [-0.1, -0.05) is 12.6 Å². The fourth-order valence-electron chi connectivity index (χ4n) is 2.87. The fraction of sp³-hybridized carbons (Fsp3) is 0.238.